The highest BCUT2D eigenvalue weighted by Crippen LogP contribution is 2.63. The van der Waals surface area contributed by atoms with Crippen molar-refractivity contribution < 1.29 is 9.90 Å². The lowest BCUT2D eigenvalue weighted by atomic mass is 9.55. The molecule has 2 aliphatic rings. The minimum atomic E-state index is -0.675. The fourth-order valence-electron chi connectivity index (χ4n) is 4.82. The molecule has 2 nitrogen and oxygen atoms in total. The van der Waals surface area contributed by atoms with Gasteiger partial charge in [-0.15, -0.1) is 0 Å². The van der Waals surface area contributed by atoms with Crippen LogP contribution in [-0.4, -0.2) is 16.5 Å². The third-order valence-corrected chi connectivity index (χ3v) is 7.20. The molecule has 126 valence electrons. The Bertz CT molecular complexity index is 459. The van der Waals surface area contributed by atoms with Crippen LogP contribution in [0, 0.1) is 28.6 Å². The Morgan fingerprint density at radius 1 is 1.23 bits per heavy atom. The van der Waals surface area contributed by atoms with Gasteiger partial charge in [0.1, 0.15) is 5.78 Å². The third kappa shape index (κ3) is 2.79. The summed E-state index contributed by atoms with van der Waals surface area (Å²) in [5, 5.41) is 10.1. The summed E-state index contributed by atoms with van der Waals surface area (Å²) in [4.78, 5) is 12.5. The van der Waals surface area contributed by atoms with Crippen molar-refractivity contribution in [2.24, 2.45) is 28.6 Å². The molecule has 2 saturated carbocycles. The molecule has 2 fully saturated rings. The van der Waals surface area contributed by atoms with Crippen LogP contribution < -0.4 is 0 Å². The molecule has 2 aliphatic carbocycles. The van der Waals surface area contributed by atoms with Crippen LogP contribution in [0.4, 0.5) is 0 Å². The number of fused-ring (bicyclic) bond motifs is 1. The van der Waals surface area contributed by atoms with Gasteiger partial charge in [-0.3, -0.25) is 4.79 Å². The van der Waals surface area contributed by atoms with Crippen LogP contribution in [0.15, 0.2) is 12.2 Å². The van der Waals surface area contributed by atoms with Gasteiger partial charge in [0.15, 0.2) is 0 Å². The number of rotatable bonds is 4. The zero-order valence-corrected chi connectivity index (χ0v) is 15.3. The summed E-state index contributed by atoms with van der Waals surface area (Å²) in [5.41, 5.74) is -0.644. The quantitative estimate of drug-likeness (QED) is 0.760. The van der Waals surface area contributed by atoms with Crippen LogP contribution >= 0.6 is 0 Å². The van der Waals surface area contributed by atoms with E-state index in [2.05, 4.69) is 39.8 Å². The van der Waals surface area contributed by atoms with Crippen LogP contribution in [0.25, 0.3) is 0 Å². The number of aliphatic hydroxyl groups is 1. The summed E-state index contributed by atoms with van der Waals surface area (Å²) < 4.78 is 0. The van der Waals surface area contributed by atoms with Gasteiger partial charge in [0, 0.05) is 17.8 Å². The molecule has 0 radical (unpaired) electrons. The van der Waals surface area contributed by atoms with E-state index in [1.54, 1.807) is 0 Å². The van der Waals surface area contributed by atoms with Crippen molar-refractivity contribution in [3.63, 3.8) is 0 Å². The molecule has 0 aliphatic heterocycles. The Balaban J connectivity index is 2.16. The largest absolute Gasteiger partial charge is 0.390 e. The fourth-order valence-corrected chi connectivity index (χ4v) is 4.82. The van der Waals surface area contributed by atoms with Gasteiger partial charge in [-0.05, 0) is 56.8 Å². The van der Waals surface area contributed by atoms with Gasteiger partial charge in [-0.1, -0.05) is 39.8 Å². The fraction of sp³-hybridized carbons (Fsp3) is 0.850. The highest BCUT2D eigenvalue weighted by molar-refractivity contribution is 5.86. The Kier molecular flexibility index (Phi) is 4.65. The lowest BCUT2D eigenvalue weighted by Gasteiger charge is -2.48. The summed E-state index contributed by atoms with van der Waals surface area (Å²) in [6.45, 7) is 12.6. The van der Waals surface area contributed by atoms with Gasteiger partial charge >= 0.3 is 0 Å². The van der Waals surface area contributed by atoms with Gasteiger partial charge in [0.2, 0.25) is 0 Å². The summed E-state index contributed by atoms with van der Waals surface area (Å²) in [6, 6.07) is 0. The predicted octanol–water partition coefficient (Wildman–Crippen LogP) is 4.76. The van der Waals surface area contributed by atoms with Gasteiger partial charge < -0.3 is 5.11 Å². The first-order valence-electron chi connectivity index (χ1n) is 8.96. The SMILES string of the molecule is C[C@H](/C=C/[C@H](C)C(C)(C)O)C1CC[C@@]2(C)C(=O)CCC[C@]12C. The second-order valence-corrected chi connectivity index (χ2v) is 8.86. The molecule has 5 atom stereocenters. The molecular formula is C20H34O2. The first-order valence-corrected chi connectivity index (χ1v) is 8.96. The minimum absolute atomic E-state index is 0.111. The number of Topliss-reactive ketones (excluding diaryl/α,β-unsaturated/α-hetero) is 1. The molecule has 1 N–H and O–H groups in total. The van der Waals surface area contributed by atoms with Crippen LogP contribution in [0.5, 0.6) is 0 Å². The number of ketones is 1. The first kappa shape index (κ1) is 17.7. The van der Waals surface area contributed by atoms with Crippen molar-refractivity contribution in [3.8, 4) is 0 Å². The van der Waals surface area contributed by atoms with Gasteiger partial charge in [0.25, 0.3) is 0 Å². The Hall–Kier alpha value is -0.630. The summed E-state index contributed by atoms with van der Waals surface area (Å²) in [5.74, 6) is 1.67. The Labute approximate surface area is 136 Å². The molecule has 0 spiro atoms. The highest BCUT2D eigenvalue weighted by Gasteiger charge is 2.59. The number of carbonyl (C=O) groups excluding carboxylic acids is 1. The number of allylic oxidation sites excluding steroid dienone is 1. The van der Waals surface area contributed by atoms with E-state index in [1.165, 1.54) is 6.42 Å². The zero-order valence-electron chi connectivity index (χ0n) is 15.3. The maximum atomic E-state index is 12.5. The monoisotopic (exact) mass is 306 g/mol. The third-order valence-electron chi connectivity index (χ3n) is 7.20. The van der Waals surface area contributed by atoms with Crippen molar-refractivity contribution >= 4 is 5.78 Å². The van der Waals surface area contributed by atoms with E-state index in [0.717, 1.165) is 25.7 Å². The second kappa shape index (κ2) is 5.78. The van der Waals surface area contributed by atoms with Crippen molar-refractivity contribution in [2.45, 2.75) is 79.2 Å². The lowest BCUT2D eigenvalue weighted by Crippen LogP contribution is -2.47. The lowest BCUT2D eigenvalue weighted by molar-refractivity contribution is -0.139. The number of hydrogen-bond acceptors (Lipinski definition) is 2. The number of carbonyl (C=O) groups is 1. The summed E-state index contributed by atoms with van der Waals surface area (Å²) in [6.07, 6.45) is 9.65. The van der Waals surface area contributed by atoms with Gasteiger partial charge in [-0.25, -0.2) is 0 Å². The van der Waals surface area contributed by atoms with Crippen LogP contribution in [-0.2, 0) is 4.79 Å². The maximum absolute atomic E-state index is 12.5. The average Bonchev–Trinajstić information content (AvgIpc) is 2.69. The molecule has 22 heavy (non-hydrogen) atoms. The summed E-state index contributed by atoms with van der Waals surface area (Å²) in [7, 11) is 0. The minimum Gasteiger partial charge on any atom is -0.390 e. The molecular weight excluding hydrogens is 272 g/mol. The second-order valence-electron chi connectivity index (χ2n) is 8.86. The van der Waals surface area contributed by atoms with E-state index in [9.17, 15) is 9.90 Å². The molecule has 0 bridgehead atoms. The van der Waals surface area contributed by atoms with Crippen LogP contribution in [0.3, 0.4) is 0 Å². The van der Waals surface area contributed by atoms with Crippen molar-refractivity contribution in [1.29, 1.82) is 0 Å². The zero-order chi connectivity index (χ0) is 16.8. The molecule has 0 saturated heterocycles. The van der Waals surface area contributed by atoms with E-state index < -0.39 is 5.60 Å². The molecule has 1 unspecified atom stereocenters. The van der Waals surface area contributed by atoms with E-state index >= 15 is 0 Å². The molecule has 0 heterocycles. The Morgan fingerprint density at radius 2 is 1.86 bits per heavy atom. The standard InChI is InChI=1S/C20H34O2/c1-14(9-10-15(2)18(3,4)22)16-11-13-20(6)17(21)8-7-12-19(16,20)5/h9-10,14-16,22H,7-8,11-13H2,1-6H3/b10-9+/t14-,15+,16?,19-,20+/m1/s1. The smallest absolute Gasteiger partial charge is 0.139 e. The van der Waals surface area contributed by atoms with Crippen LogP contribution in [0.2, 0.25) is 0 Å². The first-order chi connectivity index (χ1) is 10.0. The predicted molar refractivity (Wildman–Crippen MR) is 91.6 cm³/mol. The van der Waals surface area contributed by atoms with Crippen molar-refractivity contribution in [1.82, 2.24) is 0 Å². The van der Waals surface area contributed by atoms with E-state index in [0.29, 0.717) is 17.6 Å². The van der Waals surface area contributed by atoms with Gasteiger partial charge in [0.05, 0.1) is 5.60 Å². The van der Waals surface area contributed by atoms with E-state index in [4.69, 9.17) is 0 Å². The maximum Gasteiger partial charge on any atom is 0.139 e. The average molecular weight is 306 g/mol. The Morgan fingerprint density at radius 3 is 2.45 bits per heavy atom. The molecule has 2 rings (SSSR count). The van der Waals surface area contributed by atoms with Crippen molar-refractivity contribution in [2.75, 3.05) is 0 Å². The molecule has 0 amide bonds. The van der Waals surface area contributed by atoms with E-state index in [-0.39, 0.29) is 16.7 Å². The molecule has 0 aromatic heterocycles. The normalized spacial score (nSPS) is 39.0. The van der Waals surface area contributed by atoms with E-state index in [1.807, 2.05) is 13.8 Å². The highest BCUT2D eigenvalue weighted by atomic mass is 16.3. The van der Waals surface area contributed by atoms with Crippen molar-refractivity contribution in [3.05, 3.63) is 12.2 Å². The number of hydrogen-bond donors (Lipinski definition) is 1. The molecule has 0 aromatic carbocycles. The molecule has 2 heteroatoms. The van der Waals surface area contributed by atoms with Gasteiger partial charge in [-0.2, -0.15) is 0 Å². The molecule has 0 aromatic rings. The summed E-state index contributed by atoms with van der Waals surface area (Å²) >= 11 is 0. The topological polar surface area (TPSA) is 37.3 Å². The van der Waals surface area contributed by atoms with Crippen LogP contribution in [0.1, 0.15) is 73.6 Å².